The number of nitriles is 1. The fourth-order valence-electron chi connectivity index (χ4n) is 6.99. The molecule has 4 fully saturated rings. The predicted octanol–water partition coefficient (Wildman–Crippen LogP) is -1.31. The summed E-state index contributed by atoms with van der Waals surface area (Å²) in [6, 6.07) is 0.667. The number of nitrogens with zero attached hydrogens (tertiary/aromatic N) is 3. The molecule has 1 aliphatic carbocycles. The van der Waals surface area contributed by atoms with Gasteiger partial charge in [0.25, 0.3) is 0 Å². The van der Waals surface area contributed by atoms with Crippen LogP contribution in [0.1, 0.15) is 13.3 Å². The average molecular weight is 412 g/mol. The van der Waals surface area contributed by atoms with Crippen molar-refractivity contribution in [2.45, 2.75) is 55.8 Å². The van der Waals surface area contributed by atoms with Crippen LogP contribution in [0.5, 0.6) is 0 Å². The second-order valence-electron chi connectivity index (χ2n) is 9.00. The number of hydrogen-bond acceptors (Lipinski definition) is 9. The number of carbonyl (C=O) groups excluding carboxylic acids is 2. The molecular weight excluding hydrogens is 388 g/mol. The normalized spacial score (nSPS) is 44.9. The largest absolute Gasteiger partial charge is 0.492 e. The van der Waals surface area contributed by atoms with Gasteiger partial charge in [-0.25, -0.2) is 0 Å². The zero-order valence-corrected chi connectivity index (χ0v) is 16.9. The molecule has 0 amide bonds. The number of methoxy groups -OCH3 is 1. The predicted molar refractivity (Wildman–Crippen MR) is 102 cm³/mol. The maximum Gasteiger partial charge on any atom is 0.226 e. The Morgan fingerprint density at radius 2 is 2.13 bits per heavy atom. The summed E-state index contributed by atoms with van der Waals surface area (Å²) in [6.07, 6.45) is 0.665. The Hall–Kier alpha value is -2.09. The lowest BCUT2D eigenvalue weighted by atomic mass is 9.69. The van der Waals surface area contributed by atoms with Gasteiger partial charge in [0.2, 0.25) is 5.78 Å². The second-order valence-corrected chi connectivity index (χ2v) is 9.00. The highest BCUT2D eigenvalue weighted by atomic mass is 16.5. The van der Waals surface area contributed by atoms with Gasteiger partial charge in [-0.2, -0.15) is 5.26 Å². The SMILES string of the molecule is COC1=C(C)C(=O)C2=C(C1=O)C(CO)N1C3C4N[C@@H](C[C@@H]4C4OCCN4C23)C1C#N. The molecule has 0 aromatic heterocycles. The molecular formula is C21H24N4O5. The number of nitrogens with one attached hydrogen (secondary N) is 1. The van der Waals surface area contributed by atoms with Gasteiger partial charge in [0.05, 0.1) is 38.5 Å². The van der Waals surface area contributed by atoms with Crippen molar-refractivity contribution in [1.29, 1.82) is 5.26 Å². The van der Waals surface area contributed by atoms with Crippen LogP contribution in [0.25, 0.3) is 0 Å². The van der Waals surface area contributed by atoms with Gasteiger partial charge in [0, 0.05) is 47.3 Å². The molecule has 9 nitrogen and oxygen atoms in total. The lowest BCUT2D eigenvalue weighted by molar-refractivity contribution is -0.131. The average Bonchev–Trinajstić information content (AvgIpc) is 3.37. The number of aliphatic hydroxyl groups excluding tert-OH is 1. The van der Waals surface area contributed by atoms with Gasteiger partial charge in [0.1, 0.15) is 12.3 Å². The number of piperidine rings is 1. The first-order valence-electron chi connectivity index (χ1n) is 10.5. The van der Waals surface area contributed by atoms with E-state index in [2.05, 4.69) is 16.3 Å². The van der Waals surface area contributed by atoms with Crippen LogP contribution >= 0.6 is 0 Å². The van der Waals surface area contributed by atoms with Crippen LogP contribution in [-0.2, 0) is 19.1 Å². The third-order valence-corrected chi connectivity index (χ3v) is 7.99. The molecule has 0 aromatic rings. The van der Waals surface area contributed by atoms with Gasteiger partial charge in [-0.15, -0.1) is 0 Å². The summed E-state index contributed by atoms with van der Waals surface area (Å²) in [6.45, 7) is 2.54. The van der Waals surface area contributed by atoms with Gasteiger partial charge in [0.15, 0.2) is 11.5 Å². The monoisotopic (exact) mass is 412 g/mol. The highest BCUT2D eigenvalue weighted by Gasteiger charge is 2.67. The van der Waals surface area contributed by atoms with E-state index in [0.29, 0.717) is 24.3 Å². The Kier molecular flexibility index (Phi) is 3.87. The fraction of sp³-hybridized carbons (Fsp3) is 0.667. The Morgan fingerprint density at radius 3 is 2.83 bits per heavy atom. The van der Waals surface area contributed by atoms with Crippen molar-refractivity contribution in [3.8, 4) is 6.07 Å². The maximum absolute atomic E-state index is 13.5. The van der Waals surface area contributed by atoms with Crippen molar-refractivity contribution in [1.82, 2.24) is 15.1 Å². The zero-order valence-electron chi connectivity index (χ0n) is 16.9. The molecule has 0 spiro atoms. The van der Waals surface area contributed by atoms with E-state index in [1.54, 1.807) is 6.92 Å². The summed E-state index contributed by atoms with van der Waals surface area (Å²) < 4.78 is 11.4. The third kappa shape index (κ3) is 1.99. The van der Waals surface area contributed by atoms with Crippen LogP contribution in [0, 0.1) is 17.2 Å². The molecule has 158 valence electrons. The Labute approximate surface area is 173 Å². The molecule has 4 saturated heterocycles. The van der Waals surface area contributed by atoms with Crippen LogP contribution < -0.4 is 5.32 Å². The van der Waals surface area contributed by atoms with E-state index in [0.717, 1.165) is 6.42 Å². The summed E-state index contributed by atoms with van der Waals surface area (Å²) in [7, 11) is 1.38. The zero-order chi connectivity index (χ0) is 20.9. The van der Waals surface area contributed by atoms with E-state index in [-0.39, 0.29) is 65.8 Å². The molecule has 5 aliphatic heterocycles. The van der Waals surface area contributed by atoms with Gasteiger partial charge >= 0.3 is 0 Å². The molecule has 6 aliphatic rings. The quantitative estimate of drug-likeness (QED) is 0.534. The Bertz CT molecular complexity index is 967. The highest BCUT2D eigenvalue weighted by Crippen LogP contribution is 2.52. The number of rotatable bonds is 2. The summed E-state index contributed by atoms with van der Waals surface area (Å²) in [5.41, 5.74) is 1.04. The number of piperazine rings is 1. The fourth-order valence-corrected chi connectivity index (χ4v) is 6.99. The number of carbonyl (C=O) groups is 2. The van der Waals surface area contributed by atoms with E-state index in [1.165, 1.54) is 7.11 Å². The van der Waals surface area contributed by atoms with Gasteiger partial charge in [-0.05, 0) is 13.3 Å². The van der Waals surface area contributed by atoms with E-state index in [4.69, 9.17) is 9.47 Å². The van der Waals surface area contributed by atoms with E-state index in [9.17, 15) is 20.0 Å². The van der Waals surface area contributed by atoms with E-state index < -0.39 is 12.1 Å². The number of fused-ring (bicyclic) bond motifs is 5. The van der Waals surface area contributed by atoms with Crippen LogP contribution in [0.3, 0.4) is 0 Å². The van der Waals surface area contributed by atoms with Crippen LogP contribution in [0.2, 0.25) is 0 Å². The summed E-state index contributed by atoms with van der Waals surface area (Å²) in [5, 5.41) is 24.1. The lowest BCUT2D eigenvalue weighted by Gasteiger charge is -2.59. The Balaban J connectivity index is 1.61. The van der Waals surface area contributed by atoms with Crippen LogP contribution in [0.15, 0.2) is 22.5 Å². The molecule has 0 saturated carbocycles. The van der Waals surface area contributed by atoms with E-state index >= 15 is 0 Å². The first-order chi connectivity index (χ1) is 14.5. The minimum Gasteiger partial charge on any atom is -0.492 e. The molecule has 5 heterocycles. The first kappa shape index (κ1) is 18.7. The third-order valence-electron chi connectivity index (χ3n) is 7.99. The molecule has 9 heteroatoms. The summed E-state index contributed by atoms with van der Waals surface area (Å²) in [4.78, 5) is 31.2. The van der Waals surface area contributed by atoms with Crippen molar-refractivity contribution in [2.75, 3.05) is 26.9 Å². The van der Waals surface area contributed by atoms with Gasteiger partial charge in [-0.3, -0.25) is 19.4 Å². The minimum atomic E-state index is -0.702. The molecule has 2 bridgehead atoms. The second kappa shape index (κ2) is 6.22. The lowest BCUT2D eigenvalue weighted by Crippen LogP contribution is -2.78. The molecule has 6 unspecified atom stereocenters. The minimum absolute atomic E-state index is 0.0326. The summed E-state index contributed by atoms with van der Waals surface area (Å²) >= 11 is 0. The van der Waals surface area contributed by atoms with Crippen molar-refractivity contribution in [2.24, 2.45) is 5.92 Å². The number of aliphatic hydroxyl groups is 1. The molecule has 8 atom stereocenters. The van der Waals surface area contributed by atoms with Crippen molar-refractivity contribution in [3.05, 3.63) is 22.5 Å². The van der Waals surface area contributed by atoms with Crippen molar-refractivity contribution in [3.63, 3.8) is 0 Å². The molecule has 6 rings (SSSR count). The first-order valence-corrected chi connectivity index (χ1v) is 10.5. The number of Topliss-reactive ketones (excluding diaryl/α,β-unsaturated/α-hetero) is 2. The Morgan fingerprint density at radius 1 is 1.33 bits per heavy atom. The standard InChI is InChI=1S/C21H24N4O5/c1-8-18(27)14-13(19(28)20(8)29-2)12(7-26)25-11(6-22)10-5-9-15(23-10)17(25)16(14)24-3-4-30-21(9)24/h9-12,15-17,21,23,26H,3-5,7H2,1-2H3/t9-,10-,11?,12?,15?,16?,17?,21?/m0/s1. The number of hydrogen-bond donors (Lipinski definition) is 2. The topological polar surface area (TPSA) is 115 Å². The van der Waals surface area contributed by atoms with Gasteiger partial charge in [-0.1, -0.05) is 0 Å². The number of ether oxygens (including phenoxy) is 2. The number of allylic oxidation sites excluding steroid dienone is 2. The highest BCUT2D eigenvalue weighted by molar-refractivity contribution is 6.25. The van der Waals surface area contributed by atoms with Gasteiger partial charge < -0.3 is 19.9 Å². The van der Waals surface area contributed by atoms with Crippen molar-refractivity contribution < 1.29 is 24.2 Å². The van der Waals surface area contributed by atoms with Crippen LogP contribution in [-0.4, -0.2) is 95.8 Å². The van der Waals surface area contributed by atoms with E-state index in [1.807, 2.05) is 4.90 Å². The summed E-state index contributed by atoms with van der Waals surface area (Å²) in [5.74, 6) is -0.322. The van der Waals surface area contributed by atoms with Crippen molar-refractivity contribution >= 4 is 11.6 Å². The molecule has 0 radical (unpaired) electrons. The maximum atomic E-state index is 13.5. The molecule has 0 aromatic carbocycles. The molecule has 2 N–H and O–H groups in total. The smallest absolute Gasteiger partial charge is 0.226 e. The molecule has 30 heavy (non-hydrogen) atoms. The van der Waals surface area contributed by atoms with Crippen LogP contribution in [0.4, 0.5) is 0 Å². The number of ketones is 2.